The molecule has 1 saturated heterocycles. The minimum absolute atomic E-state index is 0.169. The number of aliphatic hydroxyl groups excluding tert-OH is 2. The van der Waals surface area contributed by atoms with Gasteiger partial charge >= 0.3 is 0 Å². The van der Waals surface area contributed by atoms with E-state index in [0.717, 1.165) is 5.69 Å². The van der Waals surface area contributed by atoms with Gasteiger partial charge < -0.3 is 20.7 Å². The van der Waals surface area contributed by atoms with Gasteiger partial charge in [0, 0.05) is 11.8 Å². The molecule has 1 aliphatic rings. The Balaban J connectivity index is 2.08. The van der Waals surface area contributed by atoms with Crippen LogP contribution in [0.1, 0.15) is 18.2 Å². The number of nitrogen functional groups attached to an aromatic ring is 1. The quantitative estimate of drug-likeness (QED) is 0.643. The summed E-state index contributed by atoms with van der Waals surface area (Å²) in [6, 6.07) is 0. The average molecular weight is 216 g/mol. The molecule has 0 saturated carbocycles. The van der Waals surface area contributed by atoms with Gasteiger partial charge in [0.25, 0.3) is 0 Å². The van der Waals surface area contributed by atoms with Crippen LogP contribution in [-0.2, 0) is 4.74 Å². The van der Waals surface area contributed by atoms with Crippen molar-refractivity contribution in [2.45, 2.75) is 24.7 Å². The molecular weight excluding hydrogens is 204 g/mol. The molecule has 78 valence electrons. The molecule has 0 aromatic carbocycles. The summed E-state index contributed by atoms with van der Waals surface area (Å²) in [7, 11) is 0. The maximum atomic E-state index is 9.49. The van der Waals surface area contributed by atoms with Crippen LogP contribution in [0, 0.1) is 0 Å². The van der Waals surface area contributed by atoms with Gasteiger partial charge in [0.05, 0.1) is 18.4 Å². The van der Waals surface area contributed by atoms with Crippen molar-refractivity contribution in [2.75, 3.05) is 12.3 Å². The molecule has 6 heteroatoms. The Morgan fingerprint density at radius 2 is 2.50 bits per heavy atom. The number of rotatable bonds is 2. The minimum atomic E-state index is -0.618. The first-order valence-electron chi connectivity index (χ1n) is 4.36. The molecule has 1 fully saturated rings. The largest absolute Gasteiger partial charge is 0.394 e. The van der Waals surface area contributed by atoms with Crippen LogP contribution >= 0.6 is 11.3 Å². The highest BCUT2D eigenvalue weighted by Gasteiger charge is 2.35. The summed E-state index contributed by atoms with van der Waals surface area (Å²) in [5, 5.41) is 20.7. The van der Waals surface area contributed by atoms with Gasteiger partial charge in [-0.2, -0.15) is 0 Å². The predicted octanol–water partition coefficient (Wildman–Crippen LogP) is -0.0915. The number of thiazole rings is 1. The van der Waals surface area contributed by atoms with Crippen LogP contribution in [0.3, 0.4) is 0 Å². The highest BCUT2D eigenvalue weighted by molar-refractivity contribution is 7.13. The van der Waals surface area contributed by atoms with E-state index < -0.39 is 12.2 Å². The van der Waals surface area contributed by atoms with Crippen molar-refractivity contribution >= 4 is 16.5 Å². The van der Waals surface area contributed by atoms with Crippen LogP contribution in [0.4, 0.5) is 5.13 Å². The second-order valence-electron chi connectivity index (χ2n) is 3.26. The van der Waals surface area contributed by atoms with Crippen molar-refractivity contribution in [3.05, 3.63) is 11.1 Å². The Morgan fingerprint density at radius 3 is 3.00 bits per heavy atom. The second kappa shape index (κ2) is 3.82. The lowest BCUT2D eigenvalue weighted by Gasteiger charge is -2.09. The van der Waals surface area contributed by atoms with Crippen molar-refractivity contribution in [1.82, 2.24) is 4.98 Å². The molecule has 0 bridgehead atoms. The van der Waals surface area contributed by atoms with E-state index in [-0.39, 0.29) is 12.7 Å². The Hall–Kier alpha value is -0.690. The Bertz CT molecular complexity index is 317. The Kier molecular flexibility index (Phi) is 2.69. The molecule has 1 aliphatic heterocycles. The molecule has 0 unspecified atom stereocenters. The molecule has 4 N–H and O–H groups in total. The first-order chi connectivity index (χ1) is 6.70. The van der Waals surface area contributed by atoms with E-state index in [0.29, 0.717) is 11.6 Å². The van der Waals surface area contributed by atoms with Gasteiger partial charge in [-0.15, -0.1) is 11.3 Å². The van der Waals surface area contributed by atoms with Gasteiger partial charge in [0.15, 0.2) is 5.13 Å². The van der Waals surface area contributed by atoms with Crippen LogP contribution in [0.25, 0.3) is 0 Å². The highest BCUT2D eigenvalue weighted by Crippen LogP contribution is 2.33. The molecule has 1 aromatic rings. The summed E-state index contributed by atoms with van der Waals surface area (Å²) in [6.07, 6.45) is -0.888. The molecule has 2 rings (SSSR count). The third kappa shape index (κ3) is 1.74. The number of anilines is 1. The fourth-order valence-electron chi connectivity index (χ4n) is 1.53. The third-order valence-corrected chi connectivity index (χ3v) is 2.97. The van der Waals surface area contributed by atoms with Gasteiger partial charge in [0.2, 0.25) is 0 Å². The molecule has 1 aromatic heterocycles. The van der Waals surface area contributed by atoms with E-state index in [2.05, 4.69) is 4.98 Å². The normalized spacial score (nSPS) is 32.3. The monoisotopic (exact) mass is 216 g/mol. The number of hydrogen-bond donors (Lipinski definition) is 3. The van der Waals surface area contributed by atoms with Crippen molar-refractivity contribution in [2.24, 2.45) is 0 Å². The van der Waals surface area contributed by atoms with Crippen molar-refractivity contribution in [3.8, 4) is 0 Å². The standard InChI is InChI=1S/C8H12N2O3S/c9-8-10-4(3-14-8)6-1-5(12)7(2-11)13-6/h3,5-7,11-12H,1-2H2,(H2,9,10)/t5-,6+,7+/m0/s1. The zero-order valence-electron chi connectivity index (χ0n) is 7.46. The molecule has 14 heavy (non-hydrogen) atoms. The molecule has 3 atom stereocenters. The maximum absolute atomic E-state index is 9.49. The fourth-order valence-corrected chi connectivity index (χ4v) is 2.14. The van der Waals surface area contributed by atoms with Gasteiger partial charge in [-0.25, -0.2) is 4.98 Å². The van der Waals surface area contributed by atoms with E-state index in [4.69, 9.17) is 15.6 Å². The van der Waals surface area contributed by atoms with Crippen LogP contribution in [0.5, 0.6) is 0 Å². The van der Waals surface area contributed by atoms with E-state index >= 15 is 0 Å². The van der Waals surface area contributed by atoms with E-state index in [1.54, 1.807) is 0 Å². The number of hydrogen-bond acceptors (Lipinski definition) is 6. The van der Waals surface area contributed by atoms with Crippen LogP contribution < -0.4 is 5.73 Å². The molecule has 0 radical (unpaired) electrons. The molecule has 0 amide bonds. The lowest BCUT2D eigenvalue weighted by Crippen LogP contribution is -2.24. The average Bonchev–Trinajstić information content (AvgIpc) is 2.71. The first-order valence-corrected chi connectivity index (χ1v) is 5.24. The van der Waals surface area contributed by atoms with E-state index in [1.165, 1.54) is 11.3 Å². The van der Waals surface area contributed by atoms with E-state index in [9.17, 15) is 5.11 Å². The van der Waals surface area contributed by atoms with Crippen molar-refractivity contribution in [1.29, 1.82) is 0 Å². The Morgan fingerprint density at radius 1 is 1.71 bits per heavy atom. The number of nitrogens with two attached hydrogens (primary N) is 1. The smallest absolute Gasteiger partial charge is 0.180 e. The zero-order chi connectivity index (χ0) is 10.1. The summed E-state index contributed by atoms with van der Waals surface area (Å²) in [6.45, 7) is -0.169. The number of aliphatic hydroxyl groups is 2. The zero-order valence-corrected chi connectivity index (χ0v) is 8.28. The summed E-state index contributed by atoms with van der Waals surface area (Å²) in [5.74, 6) is 0. The van der Waals surface area contributed by atoms with Crippen LogP contribution in [-0.4, -0.2) is 34.0 Å². The molecular formula is C8H12N2O3S. The van der Waals surface area contributed by atoms with Gasteiger partial charge in [-0.3, -0.25) is 0 Å². The predicted molar refractivity (Wildman–Crippen MR) is 51.9 cm³/mol. The molecule has 2 heterocycles. The minimum Gasteiger partial charge on any atom is -0.394 e. The third-order valence-electron chi connectivity index (χ3n) is 2.27. The summed E-state index contributed by atoms with van der Waals surface area (Å²) >= 11 is 1.34. The second-order valence-corrected chi connectivity index (χ2v) is 4.15. The highest BCUT2D eigenvalue weighted by atomic mass is 32.1. The van der Waals surface area contributed by atoms with E-state index in [1.807, 2.05) is 5.38 Å². The van der Waals surface area contributed by atoms with Crippen molar-refractivity contribution in [3.63, 3.8) is 0 Å². The van der Waals surface area contributed by atoms with Crippen LogP contribution in [0.15, 0.2) is 5.38 Å². The fraction of sp³-hybridized carbons (Fsp3) is 0.625. The Labute approximate surface area is 85.2 Å². The first kappa shape index (κ1) is 9.85. The van der Waals surface area contributed by atoms with Gasteiger partial charge in [-0.1, -0.05) is 0 Å². The van der Waals surface area contributed by atoms with Gasteiger partial charge in [0.1, 0.15) is 12.2 Å². The van der Waals surface area contributed by atoms with Gasteiger partial charge in [-0.05, 0) is 0 Å². The topological polar surface area (TPSA) is 88.6 Å². The lowest BCUT2D eigenvalue weighted by atomic mass is 10.1. The lowest BCUT2D eigenvalue weighted by molar-refractivity contribution is -0.0234. The summed E-state index contributed by atoms with van der Waals surface area (Å²) < 4.78 is 5.41. The SMILES string of the molecule is Nc1nc([C@H]2C[C@H](O)[C@@H](CO)O2)cs1. The van der Waals surface area contributed by atoms with Crippen LogP contribution in [0.2, 0.25) is 0 Å². The maximum Gasteiger partial charge on any atom is 0.180 e. The molecule has 0 spiro atoms. The number of aromatic nitrogens is 1. The summed E-state index contributed by atoms with van der Waals surface area (Å²) in [5.41, 5.74) is 6.23. The van der Waals surface area contributed by atoms with Crippen molar-refractivity contribution < 1.29 is 14.9 Å². The number of nitrogens with zero attached hydrogens (tertiary/aromatic N) is 1. The number of ether oxygens (including phenoxy) is 1. The molecule has 5 nitrogen and oxygen atoms in total. The summed E-state index contributed by atoms with van der Waals surface area (Å²) in [4.78, 5) is 4.07. The molecule has 0 aliphatic carbocycles.